The molecule has 0 saturated heterocycles. The Morgan fingerprint density at radius 1 is 0.773 bits per heavy atom. The summed E-state index contributed by atoms with van der Waals surface area (Å²) in [6, 6.07) is 0. The van der Waals surface area contributed by atoms with Crippen LogP contribution in [0.3, 0.4) is 0 Å². The molecule has 22 heavy (non-hydrogen) atoms. The molecule has 3 saturated carbocycles. The van der Waals surface area contributed by atoms with Crippen LogP contribution < -0.4 is 0 Å². The van der Waals surface area contributed by atoms with Crippen molar-refractivity contribution < 1.29 is 4.79 Å². The Hall–Kier alpha value is -0.330. The number of ketones is 1. The monoisotopic (exact) mass is 304 g/mol. The quantitative estimate of drug-likeness (QED) is 0.594. The Kier molecular flexibility index (Phi) is 5.99. The first-order valence-electron chi connectivity index (χ1n) is 10.3. The van der Waals surface area contributed by atoms with Crippen LogP contribution in [0.15, 0.2) is 0 Å². The Balaban J connectivity index is 1.35. The second-order valence-corrected chi connectivity index (χ2v) is 8.73. The van der Waals surface area contributed by atoms with Crippen LogP contribution in [0, 0.1) is 29.6 Å². The van der Waals surface area contributed by atoms with E-state index in [0.717, 1.165) is 42.4 Å². The van der Waals surface area contributed by atoms with Gasteiger partial charge < -0.3 is 0 Å². The highest BCUT2D eigenvalue weighted by molar-refractivity contribution is 5.79. The van der Waals surface area contributed by atoms with Crippen LogP contribution in [0.25, 0.3) is 0 Å². The van der Waals surface area contributed by atoms with E-state index in [0.29, 0.717) is 5.78 Å². The summed E-state index contributed by atoms with van der Waals surface area (Å²) < 4.78 is 0. The van der Waals surface area contributed by atoms with Crippen LogP contribution in [-0.2, 0) is 4.79 Å². The maximum atomic E-state index is 11.6. The average Bonchev–Trinajstić information content (AvgIpc) is 2.54. The molecule has 0 amide bonds. The SMILES string of the molecule is CCCC1CCC(CCC2CCC3CC(=O)CCC3C2)CC1. The fraction of sp³-hybridized carbons (Fsp3) is 0.952. The number of hydrogen-bond donors (Lipinski definition) is 0. The van der Waals surface area contributed by atoms with Crippen LogP contribution >= 0.6 is 0 Å². The molecule has 0 aliphatic heterocycles. The van der Waals surface area contributed by atoms with Gasteiger partial charge in [-0.1, -0.05) is 64.7 Å². The van der Waals surface area contributed by atoms with Gasteiger partial charge in [-0.3, -0.25) is 4.79 Å². The van der Waals surface area contributed by atoms with Gasteiger partial charge in [0.1, 0.15) is 5.78 Å². The summed E-state index contributed by atoms with van der Waals surface area (Å²) in [5.41, 5.74) is 0. The van der Waals surface area contributed by atoms with Crippen molar-refractivity contribution in [2.24, 2.45) is 29.6 Å². The van der Waals surface area contributed by atoms with Crippen LogP contribution in [0.1, 0.15) is 96.8 Å². The van der Waals surface area contributed by atoms with Crippen molar-refractivity contribution in [1.82, 2.24) is 0 Å². The molecular formula is C21H36O. The third-order valence-corrected chi connectivity index (χ3v) is 7.18. The third kappa shape index (κ3) is 4.36. The average molecular weight is 305 g/mol. The van der Waals surface area contributed by atoms with Gasteiger partial charge in [-0.15, -0.1) is 0 Å². The lowest BCUT2D eigenvalue weighted by molar-refractivity contribution is -0.123. The zero-order valence-electron chi connectivity index (χ0n) is 14.7. The van der Waals surface area contributed by atoms with E-state index in [1.807, 2.05) is 0 Å². The normalized spacial score (nSPS) is 39.5. The number of fused-ring (bicyclic) bond motifs is 1. The summed E-state index contributed by atoms with van der Waals surface area (Å²) >= 11 is 0. The highest BCUT2D eigenvalue weighted by Gasteiger charge is 2.35. The van der Waals surface area contributed by atoms with Gasteiger partial charge in [0.15, 0.2) is 0 Å². The summed E-state index contributed by atoms with van der Waals surface area (Å²) in [5.74, 6) is 5.29. The van der Waals surface area contributed by atoms with Crippen molar-refractivity contribution in [2.45, 2.75) is 96.8 Å². The van der Waals surface area contributed by atoms with Crippen LogP contribution in [-0.4, -0.2) is 5.78 Å². The van der Waals surface area contributed by atoms with E-state index in [4.69, 9.17) is 0 Å². The summed E-state index contributed by atoms with van der Waals surface area (Å²) in [5, 5.41) is 0. The summed E-state index contributed by atoms with van der Waals surface area (Å²) in [4.78, 5) is 11.6. The molecule has 1 nitrogen and oxygen atoms in total. The molecule has 0 radical (unpaired) electrons. The number of rotatable bonds is 5. The van der Waals surface area contributed by atoms with Gasteiger partial charge >= 0.3 is 0 Å². The largest absolute Gasteiger partial charge is 0.300 e. The Morgan fingerprint density at radius 3 is 2.14 bits per heavy atom. The molecule has 0 heterocycles. The zero-order valence-corrected chi connectivity index (χ0v) is 14.7. The highest BCUT2D eigenvalue weighted by Crippen LogP contribution is 2.44. The molecule has 3 rings (SSSR count). The van der Waals surface area contributed by atoms with Crippen molar-refractivity contribution in [3.63, 3.8) is 0 Å². The lowest BCUT2D eigenvalue weighted by Crippen LogP contribution is -2.31. The van der Waals surface area contributed by atoms with E-state index < -0.39 is 0 Å². The molecule has 3 aliphatic carbocycles. The predicted molar refractivity (Wildman–Crippen MR) is 92.8 cm³/mol. The van der Waals surface area contributed by atoms with Crippen LogP contribution in [0.4, 0.5) is 0 Å². The molecule has 3 aliphatic rings. The smallest absolute Gasteiger partial charge is 0.133 e. The first-order chi connectivity index (χ1) is 10.7. The number of carbonyl (C=O) groups is 1. The fourth-order valence-corrected chi connectivity index (χ4v) is 5.74. The van der Waals surface area contributed by atoms with Crippen molar-refractivity contribution in [3.05, 3.63) is 0 Å². The van der Waals surface area contributed by atoms with Gasteiger partial charge in [-0.2, -0.15) is 0 Å². The Labute approximate surface area is 137 Å². The zero-order chi connectivity index (χ0) is 15.4. The lowest BCUT2D eigenvalue weighted by Gasteiger charge is -2.39. The van der Waals surface area contributed by atoms with E-state index in [1.54, 1.807) is 0 Å². The summed E-state index contributed by atoms with van der Waals surface area (Å²) in [6.07, 6.45) is 19.1. The van der Waals surface area contributed by atoms with Crippen molar-refractivity contribution in [3.8, 4) is 0 Å². The van der Waals surface area contributed by atoms with Gasteiger partial charge in [-0.05, 0) is 48.9 Å². The Morgan fingerprint density at radius 2 is 1.41 bits per heavy atom. The molecule has 1 heteroatoms. The molecule has 3 unspecified atom stereocenters. The maximum absolute atomic E-state index is 11.6. The molecular weight excluding hydrogens is 268 g/mol. The van der Waals surface area contributed by atoms with Crippen LogP contribution in [0.2, 0.25) is 0 Å². The second kappa shape index (κ2) is 7.97. The van der Waals surface area contributed by atoms with Gasteiger partial charge in [0.25, 0.3) is 0 Å². The molecule has 0 bridgehead atoms. The van der Waals surface area contributed by atoms with Gasteiger partial charge in [-0.25, -0.2) is 0 Å². The molecule has 0 aromatic carbocycles. The fourth-order valence-electron chi connectivity index (χ4n) is 5.74. The van der Waals surface area contributed by atoms with Crippen molar-refractivity contribution in [2.75, 3.05) is 0 Å². The predicted octanol–water partition coefficient (Wildman–Crippen LogP) is 6.16. The molecule has 126 valence electrons. The number of hydrogen-bond acceptors (Lipinski definition) is 1. The summed E-state index contributed by atoms with van der Waals surface area (Å²) in [6.45, 7) is 2.33. The number of carbonyl (C=O) groups excluding carboxylic acids is 1. The third-order valence-electron chi connectivity index (χ3n) is 7.18. The molecule has 0 N–H and O–H groups in total. The van der Waals surface area contributed by atoms with Crippen molar-refractivity contribution in [1.29, 1.82) is 0 Å². The summed E-state index contributed by atoms with van der Waals surface area (Å²) in [7, 11) is 0. The first-order valence-corrected chi connectivity index (χ1v) is 10.3. The minimum Gasteiger partial charge on any atom is -0.300 e. The van der Waals surface area contributed by atoms with E-state index in [1.165, 1.54) is 77.0 Å². The van der Waals surface area contributed by atoms with Gasteiger partial charge in [0.2, 0.25) is 0 Å². The van der Waals surface area contributed by atoms with Gasteiger partial charge in [0.05, 0.1) is 0 Å². The highest BCUT2D eigenvalue weighted by atomic mass is 16.1. The molecule has 0 aromatic heterocycles. The Bertz CT molecular complexity index is 353. The molecule has 3 fully saturated rings. The number of Topliss-reactive ketones (excluding diaryl/α,β-unsaturated/α-hetero) is 1. The molecule has 0 spiro atoms. The van der Waals surface area contributed by atoms with Crippen molar-refractivity contribution >= 4 is 5.78 Å². The molecule has 0 aromatic rings. The van der Waals surface area contributed by atoms with E-state index >= 15 is 0 Å². The van der Waals surface area contributed by atoms with E-state index in [-0.39, 0.29) is 0 Å². The van der Waals surface area contributed by atoms with Gasteiger partial charge in [0, 0.05) is 12.8 Å². The minimum absolute atomic E-state index is 0.545. The lowest BCUT2D eigenvalue weighted by atomic mass is 9.66. The molecule has 3 atom stereocenters. The topological polar surface area (TPSA) is 17.1 Å². The second-order valence-electron chi connectivity index (χ2n) is 8.73. The van der Waals surface area contributed by atoms with E-state index in [9.17, 15) is 4.79 Å². The van der Waals surface area contributed by atoms with Crippen LogP contribution in [0.5, 0.6) is 0 Å². The maximum Gasteiger partial charge on any atom is 0.133 e. The standard InChI is InChI=1S/C21H36O/c1-2-3-16-4-6-17(7-5-16)8-9-18-10-11-20-15-21(22)13-12-19(20)14-18/h16-20H,2-15H2,1H3. The minimum atomic E-state index is 0.545. The van der Waals surface area contributed by atoms with E-state index in [2.05, 4.69) is 6.92 Å². The first kappa shape index (κ1) is 16.5.